The molecule has 0 saturated carbocycles. The van der Waals surface area contributed by atoms with Crippen LogP contribution in [-0.2, 0) is 4.74 Å². The molecule has 0 aliphatic carbocycles. The molecular weight excluding hydrogens is 204 g/mol. The molecule has 0 N–H and O–H groups in total. The van der Waals surface area contributed by atoms with Gasteiger partial charge in [0.15, 0.2) is 0 Å². The Balaban J connectivity index is 2.31. The highest BCUT2D eigenvalue weighted by Crippen LogP contribution is 2.22. The summed E-state index contributed by atoms with van der Waals surface area (Å²) in [6, 6.07) is 11.3. The minimum atomic E-state index is -0.460. The summed E-state index contributed by atoms with van der Waals surface area (Å²) in [6.45, 7) is 2.02. The molecule has 0 saturated heterocycles. The second-order valence-corrected chi connectivity index (χ2v) is 3.52. The molecule has 0 aliphatic rings. The standard InChI is InChI=1S/C13H12O3/c1-9-3-5-10(6-4-9)11-7-8-12(16-11)13(14)15-2/h3-8H,1-2H3. The highest BCUT2D eigenvalue weighted by molar-refractivity contribution is 5.87. The zero-order chi connectivity index (χ0) is 11.5. The molecule has 1 heterocycles. The molecule has 3 heteroatoms. The number of carbonyl (C=O) groups is 1. The van der Waals surface area contributed by atoms with Crippen molar-refractivity contribution in [3.63, 3.8) is 0 Å². The van der Waals surface area contributed by atoms with Crippen LogP contribution in [0.3, 0.4) is 0 Å². The van der Waals surface area contributed by atoms with Crippen LogP contribution in [0.15, 0.2) is 40.8 Å². The molecular formula is C13H12O3. The smallest absolute Gasteiger partial charge is 0.373 e. The van der Waals surface area contributed by atoms with Crippen LogP contribution in [0.25, 0.3) is 11.3 Å². The van der Waals surface area contributed by atoms with E-state index >= 15 is 0 Å². The molecule has 0 unspecified atom stereocenters. The molecule has 0 fully saturated rings. The second-order valence-electron chi connectivity index (χ2n) is 3.52. The molecule has 0 atom stereocenters. The fourth-order valence-electron chi connectivity index (χ4n) is 1.42. The molecule has 1 aromatic carbocycles. The van der Waals surface area contributed by atoms with Crippen LogP contribution in [0.4, 0.5) is 0 Å². The zero-order valence-electron chi connectivity index (χ0n) is 9.19. The zero-order valence-corrected chi connectivity index (χ0v) is 9.19. The third kappa shape index (κ3) is 1.98. The van der Waals surface area contributed by atoms with E-state index in [-0.39, 0.29) is 5.76 Å². The predicted octanol–water partition coefficient (Wildman–Crippen LogP) is 3.04. The molecule has 0 amide bonds. The monoisotopic (exact) mass is 216 g/mol. The van der Waals surface area contributed by atoms with Crippen LogP contribution in [-0.4, -0.2) is 13.1 Å². The number of aryl methyl sites for hydroxylation is 1. The van der Waals surface area contributed by atoms with Gasteiger partial charge in [0, 0.05) is 5.56 Å². The number of carbonyl (C=O) groups excluding carboxylic acids is 1. The lowest BCUT2D eigenvalue weighted by Crippen LogP contribution is -1.98. The van der Waals surface area contributed by atoms with Crippen molar-refractivity contribution < 1.29 is 13.9 Å². The Morgan fingerprint density at radius 3 is 2.44 bits per heavy atom. The lowest BCUT2D eigenvalue weighted by molar-refractivity contribution is 0.0566. The molecule has 82 valence electrons. The van der Waals surface area contributed by atoms with Gasteiger partial charge in [0.2, 0.25) is 5.76 Å². The number of furan rings is 1. The Bertz CT molecular complexity index is 494. The number of rotatable bonds is 2. The minimum Gasteiger partial charge on any atom is -0.463 e. The summed E-state index contributed by atoms with van der Waals surface area (Å²) in [5.74, 6) is 0.428. The first kappa shape index (κ1) is 10.5. The van der Waals surface area contributed by atoms with Crippen molar-refractivity contribution in [2.45, 2.75) is 6.92 Å². The van der Waals surface area contributed by atoms with Crippen molar-refractivity contribution in [3.05, 3.63) is 47.7 Å². The van der Waals surface area contributed by atoms with Gasteiger partial charge in [-0.05, 0) is 19.1 Å². The van der Waals surface area contributed by atoms with Gasteiger partial charge in [-0.25, -0.2) is 4.79 Å². The maximum absolute atomic E-state index is 11.2. The highest BCUT2D eigenvalue weighted by Gasteiger charge is 2.11. The SMILES string of the molecule is COC(=O)c1ccc(-c2ccc(C)cc2)o1. The number of ether oxygens (including phenoxy) is 1. The summed E-state index contributed by atoms with van der Waals surface area (Å²) >= 11 is 0. The summed E-state index contributed by atoms with van der Waals surface area (Å²) in [7, 11) is 1.33. The van der Waals surface area contributed by atoms with Gasteiger partial charge in [-0.1, -0.05) is 29.8 Å². The van der Waals surface area contributed by atoms with E-state index in [0.717, 1.165) is 5.56 Å². The molecule has 0 bridgehead atoms. The highest BCUT2D eigenvalue weighted by atomic mass is 16.5. The van der Waals surface area contributed by atoms with Crippen LogP contribution >= 0.6 is 0 Å². The van der Waals surface area contributed by atoms with E-state index in [1.165, 1.54) is 12.7 Å². The van der Waals surface area contributed by atoms with Gasteiger partial charge in [-0.2, -0.15) is 0 Å². The molecule has 0 spiro atoms. The van der Waals surface area contributed by atoms with Gasteiger partial charge in [0.05, 0.1) is 7.11 Å². The van der Waals surface area contributed by atoms with Crippen molar-refractivity contribution in [1.82, 2.24) is 0 Å². The molecule has 2 aromatic rings. The van der Waals surface area contributed by atoms with E-state index in [2.05, 4.69) is 4.74 Å². The van der Waals surface area contributed by atoms with E-state index in [0.29, 0.717) is 5.76 Å². The third-order valence-electron chi connectivity index (χ3n) is 2.33. The molecule has 1 aromatic heterocycles. The van der Waals surface area contributed by atoms with Crippen molar-refractivity contribution in [1.29, 1.82) is 0 Å². The first-order valence-electron chi connectivity index (χ1n) is 4.96. The number of esters is 1. The predicted molar refractivity (Wildman–Crippen MR) is 60.2 cm³/mol. The number of hydrogen-bond donors (Lipinski definition) is 0. The van der Waals surface area contributed by atoms with Gasteiger partial charge < -0.3 is 9.15 Å². The van der Waals surface area contributed by atoms with E-state index in [9.17, 15) is 4.79 Å². The first-order chi connectivity index (χ1) is 7.70. The van der Waals surface area contributed by atoms with Gasteiger partial charge in [0.25, 0.3) is 0 Å². The Morgan fingerprint density at radius 2 is 1.81 bits per heavy atom. The second kappa shape index (κ2) is 4.23. The summed E-state index contributed by atoms with van der Waals surface area (Å²) in [5.41, 5.74) is 2.13. The van der Waals surface area contributed by atoms with Gasteiger partial charge >= 0.3 is 5.97 Å². The Hall–Kier alpha value is -2.03. The quantitative estimate of drug-likeness (QED) is 0.724. The molecule has 3 nitrogen and oxygen atoms in total. The molecule has 2 rings (SSSR count). The van der Waals surface area contributed by atoms with Crippen LogP contribution < -0.4 is 0 Å². The molecule has 0 radical (unpaired) electrons. The lowest BCUT2D eigenvalue weighted by Gasteiger charge is -1.97. The van der Waals surface area contributed by atoms with Gasteiger partial charge in [0.1, 0.15) is 5.76 Å². The molecule has 0 aliphatic heterocycles. The van der Waals surface area contributed by atoms with Gasteiger partial charge in [-0.3, -0.25) is 0 Å². The lowest BCUT2D eigenvalue weighted by atomic mass is 10.1. The van der Waals surface area contributed by atoms with Crippen LogP contribution in [0.5, 0.6) is 0 Å². The summed E-state index contributed by atoms with van der Waals surface area (Å²) in [5, 5.41) is 0. The fraction of sp³-hybridized carbons (Fsp3) is 0.154. The topological polar surface area (TPSA) is 39.4 Å². The van der Waals surface area contributed by atoms with Crippen LogP contribution in [0.2, 0.25) is 0 Å². The maximum Gasteiger partial charge on any atom is 0.373 e. The number of methoxy groups -OCH3 is 1. The Kier molecular flexibility index (Phi) is 2.77. The summed E-state index contributed by atoms with van der Waals surface area (Å²) < 4.78 is 9.96. The number of benzene rings is 1. The average molecular weight is 216 g/mol. The van der Waals surface area contributed by atoms with Crippen LogP contribution in [0, 0.1) is 6.92 Å². The minimum absolute atomic E-state index is 0.220. The van der Waals surface area contributed by atoms with Gasteiger partial charge in [-0.15, -0.1) is 0 Å². The normalized spacial score (nSPS) is 10.1. The van der Waals surface area contributed by atoms with Crippen LogP contribution in [0.1, 0.15) is 16.1 Å². The van der Waals surface area contributed by atoms with Crippen molar-refractivity contribution in [2.24, 2.45) is 0 Å². The first-order valence-corrected chi connectivity index (χ1v) is 4.96. The maximum atomic E-state index is 11.2. The Labute approximate surface area is 93.7 Å². The van der Waals surface area contributed by atoms with E-state index < -0.39 is 5.97 Å². The summed E-state index contributed by atoms with van der Waals surface area (Å²) in [6.07, 6.45) is 0. The fourth-order valence-corrected chi connectivity index (χ4v) is 1.42. The molecule has 16 heavy (non-hydrogen) atoms. The van der Waals surface area contributed by atoms with Crippen molar-refractivity contribution in [3.8, 4) is 11.3 Å². The Morgan fingerprint density at radius 1 is 1.12 bits per heavy atom. The van der Waals surface area contributed by atoms with E-state index in [4.69, 9.17) is 4.42 Å². The van der Waals surface area contributed by atoms with E-state index in [1.807, 2.05) is 31.2 Å². The largest absolute Gasteiger partial charge is 0.463 e. The number of hydrogen-bond acceptors (Lipinski definition) is 3. The average Bonchev–Trinajstić information content (AvgIpc) is 2.78. The van der Waals surface area contributed by atoms with E-state index in [1.54, 1.807) is 12.1 Å². The third-order valence-corrected chi connectivity index (χ3v) is 2.33. The summed E-state index contributed by atoms with van der Waals surface area (Å²) in [4.78, 5) is 11.2. The van der Waals surface area contributed by atoms with Crippen molar-refractivity contribution in [2.75, 3.05) is 7.11 Å². The van der Waals surface area contributed by atoms with Crippen molar-refractivity contribution >= 4 is 5.97 Å².